The third-order valence-electron chi connectivity index (χ3n) is 5.75. The third kappa shape index (κ3) is 7.82. The highest BCUT2D eigenvalue weighted by molar-refractivity contribution is 9.10. The molecule has 1 atom stereocenters. The van der Waals surface area contributed by atoms with Gasteiger partial charge in [0.2, 0.25) is 11.8 Å². The van der Waals surface area contributed by atoms with E-state index in [-0.39, 0.29) is 17.9 Å². The van der Waals surface area contributed by atoms with Gasteiger partial charge in [-0.1, -0.05) is 52.5 Å². The number of amides is 2. The van der Waals surface area contributed by atoms with Crippen LogP contribution in [-0.2, 0) is 16.1 Å². The lowest BCUT2D eigenvalue weighted by Crippen LogP contribution is -2.49. The number of hydrogen-bond donors (Lipinski definition) is 1. The molecular formula is C25H30BrClN2O2S. The fraction of sp³-hybridized carbons (Fsp3) is 0.440. The molecule has 7 heteroatoms. The number of benzene rings is 2. The first kappa shape index (κ1) is 25.1. The van der Waals surface area contributed by atoms with Gasteiger partial charge in [0.25, 0.3) is 0 Å². The monoisotopic (exact) mass is 536 g/mol. The van der Waals surface area contributed by atoms with Crippen molar-refractivity contribution in [1.82, 2.24) is 10.2 Å². The maximum atomic E-state index is 13.2. The van der Waals surface area contributed by atoms with E-state index in [1.165, 1.54) is 0 Å². The van der Waals surface area contributed by atoms with Gasteiger partial charge >= 0.3 is 0 Å². The molecule has 1 aliphatic rings. The molecule has 0 heterocycles. The van der Waals surface area contributed by atoms with Gasteiger partial charge < -0.3 is 10.2 Å². The molecule has 0 bridgehead atoms. The Morgan fingerprint density at radius 2 is 1.78 bits per heavy atom. The summed E-state index contributed by atoms with van der Waals surface area (Å²) in [7, 11) is 0. The second kappa shape index (κ2) is 12.7. The zero-order valence-electron chi connectivity index (χ0n) is 18.4. The van der Waals surface area contributed by atoms with Crippen molar-refractivity contribution in [3.05, 3.63) is 63.6 Å². The molecule has 172 valence electrons. The van der Waals surface area contributed by atoms with Crippen LogP contribution < -0.4 is 5.32 Å². The number of hydrogen-bond acceptors (Lipinski definition) is 3. The molecule has 1 aliphatic carbocycles. The van der Waals surface area contributed by atoms with Crippen LogP contribution in [0.15, 0.2) is 57.9 Å². The maximum absolute atomic E-state index is 13.2. The van der Waals surface area contributed by atoms with Crippen molar-refractivity contribution < 1.29 is 9.59 Å². The third-order valence-corrected chi connectivity index (χ3v) is 7.63. The molecule has 1 saturated carbocycles. The van der Waals surface area contributed by atoms with E-state index in [0.717, 1.165) is 57.8 Å². The Hall–Kier alpha value is -1.50. The lowest BCUT2D eigenvalue weighted by Gasteiger charge is -2.30. The molecule has 1 N–H and O–H groups in total. The summed E-state index contributed by atoms with van der Waals surface area (Å²) in [5.74, 6) is 0.791. The van der Waals surface area contributed by atoms with Crippen molar-refractivity contribution in [2.45, 2.75) is 69.0 Å². The molecule has 0 saturated heterocycles. The number of thioether (sulfide) groups is 1. The molecule has 0 spiro atoms. The van der Waals surface area contributed by atoms with Gasteiger partial charge in [-0.05, 0) is 73.9 Å². The highest BCUT2D eigenvalue weighted by Gasteiger charge is 2.28. The Bertz CT molecular complexity index is 886. The molecule has 0 radical (unpaired) electrons. The predicted octanol–water partition coefficient (Wildman–Crippen LogP) is 6.45. The number of carbonyl (C=O) groups is 2. The van der Waals surface area contributed by atoms with E-state index in [2.05, 4.69) is 21.2 Å². The fourth-order valence-corrected chi connectivity index (χ4v) is 5.09. The molecule has 1 fully saturated rings. The SMILES string of the molecule is CC(C(=O)NC1CCCC1)N(Cc1ccc(Br)cc1)C(=O)CCCSc1ccc(Cl)cc1. The Labute approximate surface area is 208 Å². The van der Waals surface area contributed by atoms with Crippen LogP contribution in [0.1, 0.15) is 51.0 Å². The molecule has 0 aliphatic heterocycles. The molecule has 2 amide bonds. The first-order valence-electron chi connectivity index (χ1n) is 11.1. The van der Waals surface area contributed by atoms with Crippen LogP contribution in [0.4, 0.5) is 0 Å². The van der Waals surface area contributed by atoms with Crippen LogP contribution in [0.3, 0.4) is 0 Å². The second-order valence-corrected chi connectivity index (χ2v) is 10.7. The van der Waals surface area contributed by atoms with Gasteiger partial charge in [0.15, 0.2) is 0 Å². The Balaban J connectivity index is 1.59. The minimum atomic E-state index is -0.504. The first-order valence-corrected chi connectivity index (χ1v) is 13.3. The second-order valence-electron chi connectivity index (χ2n) is 8.22. The van der Waals surface area contributed by atoms with Crippen molar-refractivity contribution in [2.75, 3.05) is 5.75 Å². The zero-order valence-corrected chi connectivity index (χ0v) is 21.5. The number of nitrogens with one attached hydrogen (secondary N) is 1. The van der Waals surface area contributed by atoms with E-state index in [1.54, 1.807) is 16.7 Å². The van der Waals surface area contributed by atoms with Gasteiger partial charge in [-0.2, -0.15) is 0 Å². The van der Waals surface area contributed by atoms with E-state index < -0.39 is 6.04 Å². The molecule has 4 nitrogen and oxygen atoms in total. The Morgan fingerprint density at radius 3 is 2.44 bits per heavy atom. The molecule has 32 heavy (non-hydrogen) atoms. The zero-order chi connectivity index (χ0) is 22.9. The molecular weight excluding hydrogens is 508 g/mol. The Kier molecular flexibility index (Phi) is 9.94. The van der Waals surface area contributed by atoms with Crippen molar-refractivity contribution in [1.29, 1.82) is 0 Å². The highest BCUT2D eigenvalue weighted by atomic mass is 79.9. The molecule has 3 rings (SSSR count). The van der Waals surface area contributed by atoms with Crippen LogP contribution in [0.25, 0.3) is 0 Å². The van der Waals surface area contributed by atoms with Gasteiger partial charge in [-0.15, -0.1) is 11.8 Å². The lowest BCUT2D eigenvalue weighted by atomic mass is 10.1. The van der Waals surface area contributed by atoms with Gasteiger partial charge in [0.05, 0.1) is 0 Å². The van der Waals surface area contributed by atoms with Gasteiger partial charge in [-0.25, -0.2) is 0 Å². The quantitative estimate of drug-likeness (QED) is 0.280. The maximum Gasteiger partial charge on any atom is 0.242 e. The van der Waals surface area contributed by atoms with Crippen LogP contribution in [0, 0.1) is 0 Å². The van der Waals surface area contributed by atoms with Crippen LogP contribution in [0.5, 0.6) is 0 Å². The van der Waals surface area contributed by atoms with Crippen LogP contribution in [-0.4, -0.2) is 34.6 Å². The first-order chi connectivity index (χ1) is 15.4. The van der Waals surface area contributed by atoms with Crippen molar-refractivity contribution in [3.8, 4) is 0 Å². The van der Waals surface area contributed by atoms with E-state index in [0.29, 0.717) is 13.0 Å². The van der Waals surface area contributed by atoms with E-state index >= 15 is 0 Å². The summed E-state index contributed by atoms with van der Waals surface area (Å²) in [6, 6.07) is 15.4. The van der Waals surface area contributed by atoms with Crippen LogP contribution in [0.2, 0.25) is 5.02 Å². The van der Waals surface area contributed by atoms with Gasteiger partial charge in [0.1, 0.15) is 6.04 Å². The minimum absolute atomic E-state index is 0.0127. The molecule has 1 unspecified atom stereocenters. The summed E-state index contributed by atoms with van der Waals surface area (Å²) in [4.78, 5) is 28.9. The van der Waals surface area contributed by atoms with Gasteiger partial charge in [-0.3, -0.25) is 9.59 Å². The number of halogens is 2. The normalized spacial score (nSPS) is 14.8. The summed E-state index contributed by atoms with van der Waals surface area (Å²) < 4.78 is 0.991. The Morgan fingerprint density at radius 1 is 1.12 bits per heavy atom. The number of nitrogens with zero attached hydrogens (tertiary/aromatic N) is 1. The van der Waals surface area contributed by atoms with Crippen molar-refractivity contribution >= 4 is 51.1 Å². The summed E-state index contributed by atoms with van der Waals surface area (Å²) in [5, 5.41) is 3.87. The van der Waals surface area contributed by atoms with Crippen LogP contribution >= 0.6 is 39.3 Å². The summed E-state index contributed by atoms with van der Waals surface area (Å²) >= 11 is 11.1. The molecule has 0 aromatic heterocycles. The predicted molar refractivity (Wildman–Crippen MR) is 136 cm³/mol. The van der Waals surface area contributed by atoms with E-state index in [1.807, 2.05) is 55.5 Å². The van der Waals surface area contributed by atoms with E-state index in [9.17, 15) is 9.59 Å². The fourth-order valence-electron chi connectivity index (χ4n) is 3.85. The average Bonchev–Trinajstić information content (AvgIpc) is 3.30. The van der Waals surface area contributed by atoms with Gasteiger partial charge in [0, 0.05) is 33.4 Å². The minimum Gasteiger partial charge on any atom is -0.352 e. The highest BCUT2D eigenvalue weighted by Crippen LogP contribution is 2.23. The van der Waals surface area contributed by atoms with E-state index in [4.69, 9.17) is 11.6 Å². The number of carbonyl (C=O) groups excluding carboxylic acids is 2. The molecule has 2 aromatic rings. The lowest BCUT2D eigenvalue weighted by molar-refractivity contribution is -0.140. The van der Waals surface area contributed by atoms with Crippen molar-refractivity contribution in [2.24, 2.45) is 0 Å². The largest absolute Gasteiger partial charge is 0.352 e. The summed E-state index contributed by atoms with van der Waals surface area (Å²) in [6.45, 7) is 2.26. The number of rotatable bonds is 10. The smallest absolute Gasteiger partial charge is 0.242 e. The summed E-state index contributed by atoms with van der Waals surface area (Å²) in [5.41, 5.74) is 1.01. The summed E-state index contributed by atoms with van der Waals surface area (Å²) in [6.07, 6.45) is 5.54. The van der Waals surface area contributed by atoms with Crippen molar-refractivity contribution in [3.63, 3.8) is 0 Å². The standard InChI is InChI=1S/C25H30BrClN2O2S/c1-18(25(31)28-22-5-2-3-6-22)29(17-19-8-10-20(26)11-9-19)24(30)7-4-16-32-23-14-12-21(27)13-15-23/h8-15,18,22H,2-7,16-17H2,1H3,(H,28,31). The average molecular weight is 538 g/mol. The molecule has 2 aromatic carbocycles. The topological polar surface area (TPSA) is 49.4 Å².